The highest BCUT2D eigenvalue weighted by molar-refractivity contribution is 9.10. The van der Waals surface area contributed by atoms with Crippen LogP contribution in [0.5, 0.6) is 0 Å². The first-order valence-corrected chi connectivity index (χ1v) is 8.55. The standard InChI is InChI=1S/C16H12Br2ClNO3/c17-11-3-1-10(2-4-11)7-16(22)23-9-15(21)20-14-6-5-12(18)8-13(14)19/h1-6,8H,7,9H2,(H,20,21). The lowest BCUT2D eigenvalue weighted by Gasteiger charge is -2.08. The third-order valence-electron chi connectivity index (χ3n) is 2.83. The van der Waals surface area contributed by atoms with E-state index >= 15 is 0 Å². The lowest BCUT2D eigenvalue weighted by Crippen LogP contribution is -2.21. The average Bonchev–Trinajstić information content (AvgIpc) is 2.50. The van der Waals surface area contributed by atoms with Crippen molar-refractivity contribution in [3.05, 3.63) is 62.0 Å². The highest BCUT2D eigenvalue weighted by Crippen LogP contribution is 2.25. The molecule has 1 N–H and O–H groups in total. The van der Waals surface area contributed by atoms with E-state index in [9.17, 15) is 9.59 Å². The van der Waals surface area contributed by atoms with E-state index in [2.05, 4.69) is 37.2 Å². The van der Waals surface area contributed by atoms with Crippen molar-refractivity contribution in [1.82, 2.24) is 0 Å². The molecule has 0 aromatic heterocycles. The van der Waals surface area contributed by atoms with E-state index in [-0.39, 0.29) is 13.0 Å². The second-order valence-corrected chi connectivity index (χ2v) is 6.87. The van der Waals surface area contributed by atoms with E-state index in [1.54, 1.807) is 18.2 Å². The number of benzene rings is 2. The molecule has 2 aromatic rings. The number of anilines is 1. The van der Waals surface area contributed by atoms with Gasteiger partial charge in [0.15, 0.2) is 6.61 Å². The zero-order valence-electron chi connectivity index (χ0n) is 11.8. The van der Waals surface area contributed by atoms with Gasteiger partial charge in [0.05, 0.1) is 17.1 Å². The second-order valence-electron chi connectivity index (χ2n) is 4.64. The van der Waals surface area contributed by atoms with Gasteiger partial charge in [0.2, 0.25) is 0 Å². The number of nitrogens with one attached hydrogen (secondary N) is 1. The molecule has 0 aliphatic rings. The van der Waals surface area contributed by atoms with Crippen LogP contribution in [0.1, 0.15) is 5.56 Å². The maximum atomic E-state index is 11.8. The summed E-state index contributed by atoms with van der Waals surface area (Å²) in [6, 6.07) is 12.4. The van der Waals surface area contributed by atoms with Gasteiger partial charge in [-0.15, -0.1) is 0 Å². The van der Waals surface area contributed by atoms with Crippen LogP contribution in [-0.4, -0.2) is 18.5 Å². The summed E-state index contributed by atoms with van der Waals surface area (Å²) < 4.78 is 6.70. The minimum atomic E-state index is -0.468. The van der Waals surface area contributed by atoms with E-state index in [0.29, 0.717) is 10.7 Å². The maximum Gasteiger partial charge on any atom is 0.310 e. The third-order valence-corrected chi connectivity index (χ3v) is 4.17. The molecule has 0 atom stereocenters. The van der Waals surface area contributed by atoms with Gasteiger partial charge in [-0.25, -0.2) is 0 Å². The summed E-state index contributed by atoms with van der Waals surface area (Å²) in [5.74, 6) is -0.914. The molecule has 23 heavy (non-hydrogen) atoms. The number of ether oxygens (including phenoxy) is 1. The van der Waals surface area contributed by atoms with Crippen LogP contribution in [-0.2, 0) is 20.7 Å². The number of hydrogen-bond donors (Lipinski definition) is 1. The van der Waals surface area contributed by atoms with Crippen LogP contribution >= 0.6 is 43.5 Å². The Hall–Kier alpha value is -1.37. The minimum absolute atomic E-state index is 0.111. The molecular formula is C16H12Br2ClNO3. The largest absolute Gasteiger partial charge is 0.455 e. The molecule has 0 spiro atoms. The molecule has 0 aliphatic carbocycles. The number of amides is 1. The summed E-state index contributed by atoms with van der Waals surface area (Å²) >= 11 is 12.6. The number of esters is 1. The molecule has 120 valence electrons. The Morgan fingerprint density at radius 3 is 2.35 bits per heavy atom. The molecule has 0 heterocycles. The normalized spacial score (nSPS) is 10.2. The molecule has 1 amide bonds. The lowest BCUT2D eigenvalue weighted by atomic mass is 10.2. The highest BCUT2D eigenvalue weighted by atomic mass is 79.9. The Morgan fingerprint density at radius 1 is 1.04 bits per heavy atom. The van der Waals surface area contributed by atoms with E-state index in [1.807, 2.05) is 24.3 Å². The Bertz CT molecular complexity index is 720. The third kappa shape index (κ3) is 5.97. The van der Waals surface area contributed by atoms with Crippen LogP contribution in [0.2, 0.25) is 5.02 Å². The van der Waals surface area contributed by atoms with Crippen LogP contribution in [0.3, 0.4) is 0 Å². The van der Waals surface area contributed by atoms with Gasteiger partial charge in [0, 0.05) is 8.95 Å². The number of carbonyl (C=O) groups is 2. The van der Waals surface area contributed by atoms with Crippen molar-refractivity contribution in [2.45, 2.75) is 6.42 Å². The number of rotatable bonds is 5. The summed E-state index contributed by atoms with van der Waals surface area (Å²) in [5, 5.41) is 2.99. The van der Waals surface area contributed by atoms with Crippen LogP contribution < -0.4 is 5.32 Å². The summed E-state index contributed by atoms with van der Waals surface area (Å²) in [4.78, 5) is 23.5. The van der Waals surface area contributed by atoms with Crippen molar-refractivity contribution in [2.24, 2.45) is 0 Å². The van der Waals surface area contributed by atoms with Crippen molar-refractivity contribution >= 4 is 61.0 Å². The molecule has 0 fully saturated rings. The highest BCUT2D eigenvalue weighted by Gasteiger charge is 2.10. The van der Waals surface area contributed by atoms with Crippen molar-refractivity contribution in [1.29, 1.82) is 0 Å². The fraction of sp³-hybridized carbons (Fsp3) is 0.125. The minimum Gasteiger partial charge on any atom is -0.455 e. The van der Waals surface area contributed by atoms with E-state index in [0.717, 1.165) is 14.5 Å². The maximum absolute atomic E-state index is 11.8. The van der Waals surface area contributed by atoms with Gasteiger partial charge in [-0.05, 0) is 35.9 Å². The van der Waals surface area contributed by atoms with Crippen molar-refractivity contribution in [3.63, 3.8) is 0 Å². The number of carbonyl (C=O) groups excluding carboxylic acids is 2. The number of hydrogen-bond acceptors (Lipinski definition) is 3. The predicted octanol–water partition coefficient (Wildman–Crippen LogP) is 4.59. The fourth-order valence-electron chi connectivity index (χ4n) is 1.74. The summed E-state index contributed by atoms with van der Waals surface area (Å²) in [6.45, 7) is -0.359. The van der Waals surface area contributed by atoms with E-state index in [4.69, 9.17) is 16.3 Å². The monoisotopic (exact) mass is 459 g/mol. The molecule has 0 bridgehead atoms. The molecular weight excluding hydrogens is 449 g/mol. The van der Waals surface area contributed by atoms with Gasteiger partial charge in [0.1, 0.15) is 0 Å². The van der Waals surface area contributed by atoms with Gasteiger partial charge in [-0.2, -0.15) is 0 Å². The van der Waals surface area contributed by atoms with Gasteiger partial charge in [-0.3, -0.25) is 9.59 Å². The first-order valence-electron chi connectivity index (χ1n) is 6.59. The molecule has 0 radical (unpaired) electrons. The van der Waals surface area contributed by atoms with Gasteiger partial charge < -0.3 is 10.1 Å². The smallest absolute Gasteiger partial charge is 0.310 e. The van der Waals surface area contributed by atoms with Crippen molar-refractivity contribution in [3.8, 4) is 0 Å². The molecule has 0 aliphatic heterocycles. The second kappa shape index (κ2) is 8.47. The van der Waals surface area contributed by atoms with E-state index in [1.165, 1.54) is 0 Å². The number of halogens is 3. The summed E-state index contributed by atoms with van der Waals surface area (Å²) in [7, 11) is 0. The van der Waals surface area contributed by atoms with Gasteiger partial charge >= 0.3 is 5.97 Å². The van der Waals surface area contributed by atoms with Crippen LogP contribution in [0.4, 0.5) is 5.69 Å². The summed E-state index contributed by atoms with van der Waals surface area (Å²) in [6.07, 6.45) is 0.111. The Balaban J connectivity index is 1.81. The molecule has 4 nitrogen and oxygen atoms in total. The molecule has 2 rings (SSSR count). The van der Waals surface area contributed by atoms with Crippen LogP contribution in [0.15, 0.2) is 51.4 Å². The average molecular weight is 462 g/mol. The molecule has 2 aromatic carbocycles. The van der Waals surface area contributed by atoms with E-state index < -0.39 is 11.9 Å². The zero-order chi connectivity index (χ0) is 16.8. The van der Waals surface area contributed by atoms with Crippen molar-refractivity contribution < 1.29 is 14.3 Å². The first-order chi connectivity index (χ1) is 10.9. The summed E-state index contributed by atoms with van der Waals surface area (Å²) in [5.41, 5.74) is 1.28. The molecule has 7 heteroatoms. The topological polar surface area (TPSA) is 55.4 Å². The van der Waals surface area contributed by atoms with Crippen LogP contribution in [0, 0.1) is 0 Å². The lowest BCUT2D eigenvalue weighted by molar-refractivity contribution is -0.146. The van der Waals surface area contributed by atoms with Gasteiger partial charge in [0.25, 0.3) is 5.91 Å². The SMILES string of the molecule is O=C(COC(=O)Cc1ccc(Br)cc1)Nc1ccc(Br)cc1Cl. The van der Waals surface area contributed by atoms with Crippen molar-refractivity contribution in [2.75, 3.05) is 11.9 Å². The molecule has 0 saturated heterocycles. The molecule has 0 saturated carbocycles. The quantitative estimate of drug-likeness (QED) is 0.663. The van der Waals surface area contributed by atoms with Crippen LogP contribution in [0.25, 0.3) is 0 Å². The zero-order valence-corrected chi connectivity index (χ0v) is 15.7. The molecule has 0 unspecified atom stereocenters. The predicted molar refractivity (Wildman–Crippen MR) is 96.6 cm³/mol. The Labute approximate surface area is 155 Å². The Morgan fingerprint density at radius 2 is 1.70 bits per heavy atom. The van der Waals surface area contributed by atoms with Gasteiger partial charge in [-0.1, -0.05) is 55.6 Å². The Kier molecular flexibility index (Phi) is 6.62. The first kappa shape index (κ1) is 18.0. The fourth-order valence-corrected chi connectivity index (χ4v) is 2.73.